The highest BCUT2D eigenvalue weighted by atomic mass is 16.2. The molecule has 0 unspecified atom stereocenters. The van der Waals surface area contributed by atoms with Crippen LogP contribution in [0.15, 0.2) is 0 Å². The van der Waals surface area contributed by atoms with E-state index in [9.17, 15) is 0 Å². The average molecular weight is 130 g/mol. The Labute approximate surface area is 58.1 Å². The fourth-order valence-corrected chi connectivity index (χ4v) is 1.13. The van der Waals surface area contributed by atoms with Crippen molar-refractivity contribution in [1.29, 1.82) is 0 Å². The molecule has 1 aliphatic rings. The van der Waals surface area contributed by atoms with Gasteiger partial charge in [0, 0.05) is 6.61 Å². The van der Waals surface area contributed by atoms with Crippen LogP contribution in [0.1, 0.15) is 39.5 Å². The maximum absolute atomic E-state index is 7.57. The van der Waals surface area contributed by atoms with Crippen LogP contribution in [0.5, 0.6) is 0 Å². The van der Waals surface area contributed by atoms with Crippen molar-refractivity contribution >= 4 is 0 Å². The normalized spacial score (nSPS) is 19.0. The molecule has 0 amide bonds. The first-order valence-corrected chi connectivity index (χ1v) is 3.92. The molecule has 1 fully saturated rings. The Kier molecular flexibility index (Phi) is 6.06. The molecule has 0 radical (unpaired) electrons. The van der Waals surface area contributed by atoms with Crippen molar-refractivity contribution in [2.45, 2.75) is 39.5 Å². The number of aliphatic hydroxyl groups is 1. The molecule has 1 heteroatoms. The van der Waals surface area contributed by atoms with E-state index >= 15 is 0 Å². The van der Waals surface area contributed by atoms with Crippen LogP contribution in [-0.4, -0.2) is 11.7 Å². The van der Waals surface area contributed by atoms with Gasteiger partial charge in [-0.1, -0.05) is 32.6 Å². The molecule has 0 bridgehead atoms. The molecule has 0 saturated heterocycles. The summed E-state index contributed by atoms with van der Waals surface area (Å²) in [7, 11) is 0. The van der Waals surface area contributed by atoms with E-state index in [-0.39, 0.29) is 6.61 Å². The highest BCUT2D eigenvalue weighted by Gasteiger charge is 2.07. The van der Waals surface area contributed by atoms with E-state index < -0.39 is 0 Å². The molecule has 0 aliphatic heterocycles. The number of aliphatic hydroxyl groups excluding tert-OH is 1. The van der Waals surface area contributed by atoms with E-state index in [2.05, 4.69) is 6.92 Å². The summed E-state index contributed by atoms with van der Waals surface area (Å²) in [5.74, 6) is 1.05. The Morgan fingerprint density at radius 3 is 1.78 bits per heavy atom. The predicted octanol–water partition coefficient (Wildman–Crippen LogP) is 2.20. The second-order valence-corrected chi connectivity index (χ2v) is 2.71. The molecule has 0 heterocycles. The maximum atomic E-state index is 7.57. The summed E-state index contributed by atoms with van der Waals surface area (Å²) in [4.78, 5) is 0. The summed E-state index contributed by atoms with van der Waals surface area (Å²) >= 11 is 0. The van der Waals surface area contributed by atoms with Crippen molar-refractivity contribution in [2.75, 3.05) is 6.61 Å². The maximum Gasteiger partial charge on any atom is 0.0402 e. The highest BCUT2D eigenvalue weighted by Crippen LogP contribution is 2.22. The molecule has 1 nitrogen and oxygen atoms in total. The van der Waals surface area contributed by atoms with Crippen molar-refractivity contribution in [3.05, 3.63) is 0 Å². The van der Waals surface area contributed by atoms with Gasteiger partial charge < -0.3 is 5.11 Å². The third-order valence-electron chi connectivity index (χ3n) is 1.64. The zero-order valence-electron chi connectivity index (χ0n) is 6.56. The molecule has 0 spiro atoms. The van der Waals surface area contributed by atoms with Crippen molar-refractivity contribution in [3.63, 3.8) is 0 Å². The molecular formula is C8H18O. The second kappa shape index (κ2) is 6.09. The minimum absolute atomic E-state index is 0.250. The van der Waals surface area contributed by atoms with Crippen LogP contribution < -0.4 is 0 Å². The molecule has 0 atom stereocenters. The van der Waals surface area contributed by atoms with Gasteiger partial charge in [0.2, 0.25) is 0 Å². The van der Waals surface area contributed by atoms with E-state index in [1.807, 2.05) is 0 Å². The van der Waals surface area contributed by atoms with Crippen LogP contribution in [0, 0.1) is 5.92 Å². The molecule has 1 N–H and O–H groups in total. The minimum atomic E-state index is 0.250. The predicted molar refractivity (Wildman–Crippen MR) is 40.4 cm³/mol. The Morgan fingerprint density at radius 1 is 1.33 bits per heavy atom. The summed E-state index contributed by atoms with van der Waals surface area (Å²) in [6.45, 7) is 4.27. The van der Waals surface area contributed by atoms with Crippen LogP contribution in [0.4, 0.5) is 0 Å². The lowest BCUT2D eigenvalue weighted by molar-refractivity contribution is 0.318. The third-order valence-corrected chi connectivity index (χ3v) is 1.64. The molecule has 0 aromatic rings. The van der Waals surface area contributed by atoms with Gasteiger partial charge in [-0.3, -0.25) is 0 Å². The first kappa shape index (κ1) is 8.96. The van der Waals surface area contributed by atoms with Gasteiger partial charge in [-0.25, -0.2) is 0 Å². The molecule has 1 rings (SSSR count). The van der Waals surface area contributed by atoms with Crippen LogP contribution in [0.25, 0.3) is 0 Å². The molecule has 56 valence electrons. The van der Waals surface area contributed by atoms with Crippen molar-refractivity contribution < 1.29 is 5.11 Å². The molecule has 1 aliphatic carbocycles. The monoisotopic (exact) mass is 130 g/mol. The van der Waals surface area contributed by atoms with Crippen molar-refractivity contribution in [1.82, 2.24) is 0 Å². The molecule has 9 heavy (non-hydrogen) atoms. The van der Waals surface area contributed by atoms with Crippen LogP contribution >= 0.6 is 0 Å². The van der Waals surface area contributed by atoms with Crippen LogP contribution in [0.2, 0.25) is 0 Å². The Balaban J connectivity index is 0.000000187. The Morgan fingerprint density at radius 2 is 1.67 bits per heavy atom. The van der Waals surface area contributed by atoms with Gasteiger partial charge in [-0.2, -0.15) is 0 Å². The number of rotatable bonds is 0. The topological polar surface area (TPSA) is 20.2 Å². The fourth-order valence-electron chi connectivity index (χ4n) is 1.13. The average Bonchev–Trinajstić information content (AvgIpc) is 2.20. The van der Waals surface area contributed by atoms with E-state index in [1.165, 1.54) is 25.7 Å². The molecular weight excluding hydrogens is 112 g/mol. The summed E-state index contributed by atoms with van der Waals surface area (Å²) in [6.07, 6.45) is 5.95. The zero-order chi connectivity index (χ0) is 7.11. The third kappa shape index (κ3) is 5.84. The summed E-state index contributed by atoms with van der Waals surface area (Å²) in [5.41, 5.74) is 0. The summed E-state index contributed by atoms with van der Waals surface area (Å²) in [5, 5.41) is 7.57. The van der Waals surface area contributed by atoms with Crippen LogP contribution in [0.3, 0.4) is 0 Å². The van der Waals surface area contributed by atoms with Gasteiger partial charge >= 0.3 is 0 Å². The van der Waals surface area contributed by atoms with Gasteiger partial charge in [-0.15, -0.1) is 0 Å². The zero-order valence-corrected chi connectivity index (χ0v) is 6.56. The number of hydrogen-bond acceptors (Lipinski definition) is 1. The van der Waals surface area contributed by atoms with Gasteiger partial charge in [-0.05, 0) is 12.8 Å². The molecule has 1 saturated carbocycles. The van der Waals surface area contributed by atoms with E-state index in [0.29, 0.717) is 0 Å². The summed E-state index contributed by atoms with van der Waals surface area (Å²) < 4.78 is 0. The van der Waals surface area contributed by atoms with Crippen molar-refractivity contribution in [3.8, 4) is 0 Å². The molecule has 0 aromatic heterocycles. The SMILES string of the molecule is CC1CCCC1.CCO. The lowest BCUT2D eigenvalue weighted by atomic mass is 10.2. The van der Waals surface area contributed by atoms with E-state index in [0.717, 1.165) is 5.92 Å². The van der Waals surface area contributed by atoms with E-state index in [4.69, 9.17) is 5.11 Å². The smallest absolute Gasteiger partial charge is 0.0402 e. The summed E-state index contributed by atoms with van der Waals surface area (Å²) in [6, 6.07) is 0. The fraction of sp³-hybridized carbons (Fsp3) is 1.00. The Hall–Kier alpha value is -0.0400. The second-order valence-electron chi connectivity index (χ2n) is 2.71. The minimum Gasteiger partial charge on any atom is -0.397 e. The van der Waals surface area contributed by atoms with Gasteiger partial charge in [0.1, 0.15) is 0 Å². The Bertz CT molecular complexity index is 46.5. The lowest BCUT2D eigenvalue weighted by Crippen LogP contribution is -1.78. The first-order chi connectivity index (χ1) is 4.31. The van der Waals surface area contributed by atoms with Crippen molar-refractivity contribution in [2.24, 2.45) is 5.92 Å². The quantitative estimate of drug-likeness (QED) is 0.533. The lowest BCUT2D eigenvalue weighted by Gasteiger charge is -1.91. The van der Waals surface area contributed by atoms with Gasteiger partial charge in [0.25, 0.3) is 0 Å². The largest absolute Gasteiger partial charge is 0.397 e. The van der Waals surface area contributed by atoms with Gasteiger partial charge in [0.15, 0.2) is 0 Å². The highest BCUT2D eigenvalue weighted by molar-refractivity contribution is 4.60. The standard InChI is InChI=1S/C6H12.C2H6O/c1-6-4-2-3-5-6;1-2-3/h6H,2-5H2,1H3;3H,2H2,1H3. The first-order valence-electron chi connectivity index (χ1n) is 3.92. The van der Waals surface area contributed by atoms with E-state index in [1.54, 1.807) is 6.92 Å². The molecule has 0 aromatic carbocycles. The number of hydrogen-bond donors (Lipinski definition) is 1. The van der Waals surface area contributed by atoms with Crippen LogP contribution in [-0.2, 0) is 0 Å². The van der Waals surface area contributed by atoms with Gasteiger partial charge in [0.05, 0.1) is 0 Å².